The summed E-state index contributed by atoms with van der Waals surface area (Å²) in [6.45, 7) is 14.1. The van der Waals surface area contributed by atoms with E-state index in [4.69, 9.17) is 0 Å². The number of aromatic nitrogens is 1. The van der Waals surface area contributed by atoms with Gasteiger partial charge in [-0.2, -0.15) is 0 Å². The number of hydrogen-bond acceptors (Lipinski definition) is 0. The second kappa shape index (κ2) is 5.60. The Bertz CT molecular complexity index is 369. The molecule has 1 aromatic heterocycles. The van der Waals surface area contributed by atoms with Crippen molar-refractivity contribution < 1.29 is 0 Å². The van der Waals surface area contributed by atoms with Gasteiger partial charge in [0.15, 0.2) is 0 Å². The topological polar surface area (TPSA) is 15.8 Å². The van der Waals surface area contributed by atoms with Crippen molar-refractivity contribution in [3.63, 3.8) is 0 Å². The SMILES string of the molecule is CC(C)[Si](C#Cc1ccc[nH]1)(C(C)C)C(C)C. The molecule has 1 aromatic rings. The van der Waals surface area contributed by atoms with Crippen molar-refractivity contribution in [2.45, 2.75) is 58.2 Å². The van der Waals surface area contributed by atoms with Gasteiger partial charge in [0.1, 0.15) is 8.07 Å². The van der Waals surface area contributed by atoms with Crippen molar-refractivity contribution in [1.29, 1.82) is 0 Å². The Balaban J connectivity index is 3.15. The van der Waals surface area contributed by atoms with E-state index in [2.05, 4.69) is 58.0 Å². The van der Waals surface area contributed by atoms with Crippen molar-refractivity contribution in [2.24, 2.45) is 0 Å². The van der Waals surface area contributed by atoms with E-state index in [1.54, 1.807) is 0 Å². The van der Waals surface area contributed by atoms with Gasteiger partial charge in [-0.3, -0.25) is 0 Å². The lowest BCUT2D eigenvalue weighted by Gasteiger charge is -2.38. The Hall–Kier alpha value is -0.943. The van der Waals surface area contributed by atoms with Crippen LogP contribution in [-0.4, -0.2) is 13.1 Å². The molecule has 1 N–H and O–H groups in total. The van der Waals surface area contributed by atoms with Crippen LogP contribution < -0.4 is 0 Å². The minimum atomic E-state index is -1.56. The average molecular weight is 247 g/mol. The molecule has 0 radical (unpaired) electrons. The van der Waals surface area contributed by atoms with Gasteiger partial charge in [0.25, 0.3) is 0 Å². The zero-order valence-corrected chi connectivity index (χ0v) is 13.0. The fourth-order valence-electron chi connectivity index (χ4n) is 3.02. The minimum absolute atomic E-state index is 0.699. The maximum Gasteiger partial charge on any atom is 0.146 e. The monoisotopic (exact) mass is 247 g/mol. The number of H-pyrrole nitrogens is 1. The predicted octanol–water partition coefficient (Wildman–Crippen LogP) is 4.58. The van der Waals surface area contributed by atoms with Gasteiger partial charge in [0, 0.05) is 6.20 Å². The van der Waals surface area contributed by atoms with E-state index in [9.17, 15) is 0 Å². The van der Waals surface area contributed by atoms with Crippen LogP contribution in [0.25, 0.3) is 0 Å². The summed E-state index contributed by atoms with van der Waals surface area (Å²) in [6.07, 6.45) is 1.94. The predicted molar refractivity (Wildman–Crippen MR) is 78.7 cm³/mol. The van der Waals surface area contributed by atoms with Crippen LogP contribution in [0.3, 0.4) is 0 Å². The van der Waals surface area contributed by atoms with Crippen molar-refractivity contribution in [1.82, 2.24) is 4.98 Å². The Kier molecular flexibility index (Phi) is 4.65. The standard InChI is InChI=1S/C15H25NSi/c1-12(2)17(13(3)4,14(5)6)11-9-15-8-7-10-16-15/h7-8,10,12-14,16H,1-6H3. The summed E-state index contributed by atoms with van der Waals surface area (Å²) in [6, 6.07) is 4.06. The molecular weight excluding hydrogens is 222 g/mol. The molecule has 0 spiro atoms. The molecule has 0 bridgehead atoms. The Morgan fingerprint density at radius 1 is 1.00 bits per heavy atom. The summed E-state index contributed by atoms with van der Waals surface area (Å²) in [4.78, 5) is 3.18. The summed E-state index contributed by atoms with van der Waals surface area (Å²) in [7, 11) is -1.56. The summed E-state index contributed by atoms with van der Waals surface area (Å²) < 4.78 is 0. The van der Waals surface area contributed by atoms with Crippen LogP contribution in [0.5, 0.6) is 0 Å². The molecule has 1 heterocycles. The van der Waals surface area contributed by atoms with E-state index < -0.39 is 8.07 Å². The molecule has 0 aliphatic carbocycles. The van der Waals surface area contributed by atoms with Gasteiger partial charge in [-0.1, -0.05) is 47.5 Å². The lowest BCUT2D eigenvalue weighted by molar-refractivity contribution is 0.838. The third-order valence-corrected chi connectivity index (χ3v) is 10.2. The molecule has 0 aliphatic heterocycles. The summed E-state index contributed by atoms with van der Waals surface area (Å²) in [5.74, 6) is 3.37. The second-order valence-corrected chi connectivity index (χ2v) is 11.3. The number of nitrogens with one attached hydrogen (secondary N) is 1. The Morgan fingerprint density at radius 2 is 1.53 bits per heavy atom. The zero-order valence-electron chi connectivity index (χ0n) is 12.0. The molecule has 0 aromatic carbocycles. The number of aromatic amines is 1. The molecule has 0 atom stereocenters. The lowest BCUT2D eigenvalue weighted by atomic mass is 10.5. The summed E-state index contributed by atoms with van der Waals surface area (Å²) >= 11 is 0. The van der Waals surface area contributed by atoms with Crippen LogP contribution >= 0.6 is 0 Å². The smallest absolute Gasteiger partial charge is 0.146 e. The summed E-state index contributed by atoms with van der Waals surface area (Å²) in [5.41, 5.74) is 6.83. The van der Waals surface area contributed by atoms with Crippen LogP contribution in [0.15, 0.2) is 18.3 Å². The van der Waals surface area contributed by atoms with Crippen LogP contribution in [0, 0.1) is 11.5 Å². The highest BCUT2D eigenvalue weighted by atomic mass is 28.3. The van der Waals surface area contributed by atoms with Crippen molar-refractivity contribution in [3.8, 4) is 11.5 Å². The van der Waals surface area contributed by atoms with Crippen LogP contribution in [0.4, 0.5) is 0 Å². The molecule has 0 saturated carbocycles. The van der Waals surface area contributed by atoms with Crippen LogP contribution in [0.1, 0.15) is 47.2 Å². The largest absolute Gasteiger partial charge is 0.355 e. The molecule has 17 heavy (non-hydrogen) atoms. The van der Waals surface area contributed by atoms with Gasteiger partial charge in [-0.05, 0) is 28.8 Å². The molecule has 2 heteroatoms. The van der Waals surface area contributed by atoms with Crippen molar-refractivity contribution in [2.75, 3.05) is 0 Å². The Morgan fingerprint density at radius 3 is 1.88 bits per heavy atom. The second-order valence-electron chi connectivity index (χ2n) is 5.73. The first kappa shape index (κ1) is 14.1. The fraction of sp³-hybridized carbons (Fsp3) is 0.600. The first-order valence-corrected chi connectivity index (χ1v) is 8.81. The summed E-state index contributed by atoms with van der Waals surface area (Å²) in [5, 5.41) is 0. The molecule has 0 amide bonds. The molecule has 0 unspecified atom stereocenters. The molecular formula is C15H25NSi. The van der Waals surface area contributed by atoms with Gasteiger partial charge in [-0.25, -0.2) is 0 Å². The van der Waals surface area contributed by atoms with E-state index in [0.717, 1.165) is 5.69 Å². The molecule has 0 saturated heterocycles. The third kappa shape index (κ3) is 2.84. The minimum Gasteiger partial charge on any atom is -0.355 e. The first-order chi connectivity index (χ1) is 7.91. The molecule has 0 aliphatic rings. The first-order valence-electron chi connectivity index (χ1n) is 6.57. The van der Waals surface area contributed by atoms with E-state index in [1.807, 2.05) is 18.3 Å². The molecule has 94 valence electrons. The highest BCUT2D eigenvalue weighted by Crippen LogP contribution is 2.40. The van der Waals surface area contributed by atoms with Crippen molar-refractivity contribution >= 4 is 8.07 Å². The van der Waals surface area contributed by atoms with Gasteiger partial charge >= 0.3 is 0 Å². The van der Waals surface area contributed by atoms with Gasteiger partial charge in [0.05, 0.1) is 5.69 Å². The maximum atomic E-state index is 3.69. The highest BCUT2D eigenvalue weighted by molar-refractivity contribution is 6.90. The third-order valence-electron chi connectivity index (χ3n) is 3.88. The lowest BCUT2D eigenvalue weighted by Crippen LogP contribution is -2.43. The van der Waals surface area contributed by atoms with E-state index >= 15 is 0 Å². The molecule has 0 fully saturated rings. The van der Waals surface area contributed by atoms with Crippen molar-refractivity contribution in [3.05, 3.63) is 24.0 Å². The molecule has 1 rings (SSSR count). The van der Waals surface area contributed by atoms with Gasteiger partial charge < -0.3 is 4.98 Å². The average Bonchev–Trinajstić information content (AvgIpc) is 2.69. The number of hydrogen-bond donors (Lipinski definition) is 1. The quantitative estimate of drug-likeness (QED) is 0.594. The highest BCUT2D eigenvalue weighted by Gasteiger charge is 2.41. The van der Waals surface area contributed by atoms with E-state index in [-0.39, 0.29) is 0 Å². The van der Waals surface area contributed by atoms with Crippen LogP contribution in [0.2, 0.25) is 16.6 Å². The maximum absolute atomic E-state index is 3.69. The molecule has 1 nitrogen and oxygen atoms in total. The normalized spacial score (nSPS) is 12.1. The fourth-order valence-corrected chi connectivity index (χ4v) is 8.23. The van der Waals surface area contributed by atoms with Crippen LogP contribution in [-0.2, 0) is 0 Å². The van der Waals surface area contributed by atoms with Gasteiger partial charge in [0.2, 0.25) is 0 Å². The van der Waals surface area contributed by atoms with Gasteiger partial charge in [-0.15, -0.1) is 5.54 Å². The zero-order chi connectivity index (χ0) is 13.1. The van der Waals surface area contributed by atoms with E-state index in [1.165, 1.54) is 0 Å². The number of rotatable bonds is 3. The van der Waals surface area contributed by atoms with E-state index in [0.29, 0.717) is 16.6 Å². The Labute approximate surface area is 107 Å².